The lowest BCUT2D eigenvalue weighted by atomic mass is 10.2. The molecule has 0 unspecified atom stereocenters. The number of carbonyl (C=O) groups excluding carboxylic acids is 1. The number of nitriles is 1. The van der Waals surface area contributed by atoms with Gasteiger partial charge in [-0.1, -0.05) is 0 Å². The number of nitrogens with zero attached hydrogens (tertiary/aromatic N) is 2. The zero-order chi connectivity index (χ0) is 13.7. The maximum absolute atomic E-state index is 12.9. The van der Waals surface area contributed by atoms with Crippen LogP contribution in [0.5, 0.6) is 0 Å². The van der Waals surface area contributed by atoms with Gasteiger partial charge in [0.2, 0.25) is 5.91 Å². The van der Waals surface area contributed by atoms with Crippen molar-refractivity contribution in [3.63, 3.8) is 0 Å². The van der Waals surface area contributed by atoms with Crippen LogP contribution in [-0.2, 0) is 4.79 Å². The number of likely N-dealkylation sites (N-methyl/N-ethyl adjacent to an activating group) is 1. The second kappa shape index (κ2) is 6.01. The second-order valence-electron chi connectivity index (χ2n) is 4.25. The summed E-state index contributed by atoms with van der Waals surface area (Å²) < 4.78 is 12.9. The van der Waals surface area contributed by atoms with Crippen LogP contribution in [0.2, 0.25) is 0 Å². The highest BCUT2D eigenvalue weighted by molar-refractivity contribution is 5.81. The van der Waals surface area contributed by atoms with E-state index >= 15 is 0 Å². The van der Waals surface area contributed by atoms with E-state index in [0.29, 0.717) is 5.69 Å². The summed E-state index contributed by atoms with van der Waals surface area (Å²) in [4.78, 5) is 13.3. The van der Waals surface area contributed by atoms with Crippen LogP contribution in [0.3, 0.4) is 0 Å². The number of amides is 1. The monoisotopic (exact) mass is 249 g/mol. The Morgan fingerprint density at radius 2 is 2.22 bits per heavy atom. The molecule has 96 valence electrons. The average Bonchev–Trinajstić information content (AvgIpc) is 2.35. The van der Waals surface area contributed by atoms with Crippen LogP contribution in [0.15, 0.2) is 18.2 Å². The van der Waals surface area contributed by atoms with Crippen LogP contribution in [0.4, 0.5) is 10.1 Å². The second-order valence-corrected chi connectivity index (χ2v) is 4.25. The molecule has 0 aromatic heterocycles. The molecule has 0 saturated carbocycles. The maximum Gasteiger partial charge on any atom is 0.241 e. The first-order valence-electron chi connectivity index (χ1n) is 5.65. The van der Waals surface area contributed by atoms with E-state index in [2.05, 4.69) is 5.32 Å². The summed E-state index contributed by atoms with van der Waals surface area (Å²) >= 11 is 0. The smallest absolute Gasteiger partial charge is 0.241 e. The van der Waals surface area contributed by atoms with Gasteiger partial charge in [0.05, 0.1) is 17.8 Å². The molecule has 1 amide bonds. The van der Waals surface area contributed by atoms with Gasteiger partial charge in [-0.2, -0.15) is 5.26 Å². The van der Waals surface area contributed by atoms with Gasteiger partial charge in [-0.25, -0.2) is 4.39 Å². The van der Waals surface area contributed by atoms with Gasteiger partial charge in [0.1, 0.15) is 11.9 Å². The molecule has 0 aliphatic carbocycles. The summed E-state index contributed by atoms with van der Waals surface area (Å²) in [6.07, 6.45) is 0. The van der Waals surface area contributed by atoms with Gasteiger partial charge in [0.25, 0.3) is 0 Å². The largest absolute Gasteiger partial charge is 0.375 e. The fourth-order valence-electron chi connectivity index (χ4n) is 1.35. The molecule has 0 heterocycles. The molecule has 0 aliphatic rings. The van der Waals surface area contributed by atoms with Crippen molar-refractivity contribution in [1.29, 1.82) is 5.26 Å². The first kappa shape index (κ1) is 14.0. The van der Waals surface area contributed by atoms with Gasteiger partial charge in [0.15, 0.2) is 0 Å². The third-order valence-corrected chi connectivity index (χ3v) is 2.70. The fourth-order valence-corrected chi connectivity index (χ4v) is 1.35. The molecular weight excluding hydrogens is 233 g/mol. The third-order valence-electron chi connectivity index (χ3n) is 2.70. The minimum absolute atomic E-state index is 0.0784. The highest BCUT2D eigenvalue weighted by Crippen LogP contribution is 2.15. The number of nitrogens with one attached hydrogen (secondary N) is 1. The molecule has 0 aliphatic heterocycles. The Morgan fingerprint density at radius 1 is 1.56 bits per heavy atom. The van der Waals surface area contributed by atoms with Crippen molar-refractivity contribution in [1.82, 2.24) is 4.90 Å². The lowest BCUT2D eigenvalue weighted by Crippen LogP contribution is -2.37. The van der Waals surface area contributed by atoms with E-state index in [0.717, 1.165) is 6.07 Å². The zero-order valence-corrected chi connectivity index (χ0v) is 10.7. The normalized spacial score (nSPS) is 10.0. The number of hydrogen-bond donors (Lipinski definition) is 1. The highest BCUT2D eigenvalue weighted by Gasteiger charge is 2.12. The van der Waals surface area contributed by atoms with Crippen LogP contribution in [0, 0.1) is 17.1 Å². The van der Waals surface area contributed by atoms with Crippen molar-refractivity contribution in [2.24, 2.45) is 0 Å². The SMILES string of the molecule is CC(C)N(C)C(=O)CNc1ccc(F)cc1C#N. The topological polar surface area (TPSA) is 56.1 Å². The number of carbonyl (C=O) groups is 1. The summed E-state index contributed by atoms with van der Waals surface area (Å²) in [7, 11) is 1.71. The van der Waals surface area contributed by atoms with E-state index in [9.17, 15) is 9.18 Å². The Hall–Kier alpha value is -2.09. The Morgan fingerprint density at radius 3 is 2.78 bits per heavy atom. The number of halogens is 1. The average molecular weight is 249 g/mol. The Kier molecular flexibility index (Phi) is 4.67. The molecule has 5 heteroatoms. The molecule has 0 fully saturated rings. The predicted octanol–water partition coefficient (Wildman–Crippen LogP) is 1.98. The molecule has 0 saturated heterocycles. The lowest BCUT2D eigenvalue weighted by molar-refractivity contribution is -0.129. The molecule has 1 rings (SSSR count). The number of anilines is 1. The minimum Gasteiger partial charge on any atom is -0.375 e. The molecule has 4 nitrogen and oxygen atoms in total. The number of rotatable bonds is 4. The van der Waals surface area contributed by atoms with Crippen molar-refractivity contribution in [3.05, 3.63) is 29.6 Å². The van der Waals surface area contributed by atoms with E-state index in [1.165, 1.54) is 12.1 Å². The zero-order valence-electron chi connectivity index (χ0n) is 10.7. The molecule has 1 N–H and O–H groups in total. The fraction of sp³-hybridized carbons (Fsp3) is 0.385. The molecule has 1 aromatic rings. The van der Waals surface area contributed by atoms with Gasteiger partial charge in [-0.05, 0) is 32.0 Å². The summed E-state index contributed by atoms with van der Waals surface area (Å²) in [5.74, 6) is -0.555. The summed E-state index contributed by atoms with van der Waals surface area (Å²) in [6, 6.07) is 5.84. The standard InChI is InChI=1S/C13H16FN3O/c1-9(2)17(3)13(18)8-16-12-5-4-11(14)6-10(12)7-15/h4-6,9,16H,8H2,1-3H3. The van der Waals surface area contributed by atoms with Crippen molar-refractivity contribution >= 4 is 11.6 Å². The van der Waals surface area contributed by atoms with Crippen LogP contribution < -0.4 is 5.32 Å². The summed E-state index contributed by atoms with van der Waals surface area (Å²) in [6.45, 7) is 3.90. The number of hydrogen-bond acceptors (Lipinski definition) is 3. The van der Waals surface area contributed by atoms with E-state index in [1.54, 1.807) is 11.9 Å². The van der Waals surface area contributed by atoms with Crippen molar-refractivity contribution in [2.75, 3.05) is 18.9 Å². The van der Waals surface area contributed by atoms with Crippen LogP contribution in [0.1, 0.15) is 19.4 Å². The van der Waals surface area contributed by atoms with E-state index in [1.807, 2.05) is 19.9 Å². The van der Waals surface area contributed by atoms with Crippen LogP contribution in [0.25, 0.3) is 0 Å². The van der Waals surface area contributed by atoms with Crippen LogP contribution in [-0.4, -0.2) is 30.4 Å². The van der Waals surface area contributed by atoms with E-state index in [4.69, 9.17) is 5.26 Å². The lowest BCUT2D eigenvalue weighted by Gasteiger charge is -2.21. The van der Waals surface area contributed by atoms with Gasteiger partial charge in [0, 0.05) is 13.1 Å². The molecule has 0 atom stereocenters. The third kappa shape index (κ3) is 3.45. The van der Waals surface area contributed by atoms with E-state index < -0.39 is 5.82 Å². The molecule has 0 spiro atoms. The first-order chi connectivity index (χ1) is 8.45. The predicted molar refractivity (Wildman–Crippen MR) is 67.5 cm³/mol. The van der Waals surface area contributed by atoms with Crippen LogP contribution >= 0.6 is 0 Å². The number of benzene rings is 1. The molecule has 0 bridgehead atoms. The first-order valence-corrected chi connectivity index (χ1v) is 5.65. The van der Waals surface area contributed by atoms with E-state index in [-0.39, 0.29) is 24.1 Å². The quantitative estimate of drug-likeness (QED) is 0.887. The van der Waals surface area contributed by atoms with Crippen molar-refractivity contribution in [3.8, 4) is 6.07 Å². The van der Waals surface area contributed by atoms with Crippen molar-refractivity contribution < 1.29 is 9.18 Å². The molecule has 18 heavy (non-hydrogen) atoms. The Labute approximate surface area is 106 Å². The van der Waals surface area contributed by atoms with Gasteiger partial charge in [-0.3, -0.25) is 4.79 Å². The summed E-state index contributed by atoms with van der Waals surface area (Å²) in [5.41, 5.74) is 0.652. The maximum atomic E-state index is 12.9. The molecular formula is C13H16FN3O. The molecule has 0 radical (unpaired) electrons. The van der Waals surface area contributed by atoms with Gasteiger partial charge < -0.3 is 10.2 Å². The summed E-state index contributed by atoms with van der Waals surface area (Å²) in [5, 5.41) is 11.7. The Bertz CT molecular complexity index is 480. The van der Waals surface area contributed by atoms with Gasteiger partial charge in [-0.15, -0.1) is 0 Å². The Balaban J connectivity index is 2.70. The van der Waals surface area contributed by atoms with Gasteiger partial charge >= 0.3 is 0 Å². The molecule has 1 aromatic carbocycles. The minimum atomic E-state index is -0.470. The highest BCUT2D eigenvalue weighted by atomic mass is 19.1. The van der Waals surface area contributed by atoms with Crippen molar-refractivity contribution in [2.45, 2.75) is 19.9 Å².